The van der Waals surface area contributed by atoms with Crippen LogP contribution in [0.2, 0.25) is 5.15 Å². The molecule has 21 heavy (non-hydrogen) atoms. The molecule has 3 heterocycles. The zero-order valence-corrected chi connectivity index (χ0v) is 13.3. The standard InChI is InChI=1S/C15H19ClN4O/c1-4-20-8-11-5-6-14(16)17-15(11)21-13(9-20)12-7-10(2)18-19(12)3/h5-7,13H,4,8-9H2,1-3H3. The fourth-order valence-corrected chi connectivity index (χ4v) is 2.85. The largest absolute Gasteiger partial charge is 0.466 e. The number of aromatic nitrogens is 3. The molecule has 2 aromatic rings. The normalized spacial score (nSPS) is 19.0. The van der Waals surface area contributed by atoms with Crippen LogP contribution in [0.15, 0.2) is 18.2 Å². The quantitative estimate of drug-likeness (QED) is 0.800. The first kappa shape index (κ1) is 14.4. The monoisotopic (exact) mass is 306 g/mol. The molecule has 1 aliphatic heterocycles. The van der Waals surface area contributed by atoms with Crippen molar-refractivity contribution in [3.8, 4) is 5.88 Å². The summed E-state index contributed by atoms with van der Waals surface area (Å²) in [5.41, 5.74) is 3.12. The minimum Gasteiger partial charge on any atom is -0.466 e. The van der Waals surface area contributed by atoms with Crippen LogP contribution in [0.3, 0.4) is 0 Å². The number of nitrogens with zero attached hydrogens (tertiary/aromatic N) is 4. The molecule has 1 atom stereocenters. The van der Waals surface area contributed by atoms with Crippen LogP contribution < -0.4 is 4.74 Å². The molecule has 0 saturated carbocycles. The van der Waals surface area contributed by atoms with Crippen molar-refractivity contribution in [3.05, 3.63) is 40.3 Å². The summed E-state index contributed by atoms with van der Waals surface area (Å²) in [5.74, 6) is 0.627. The molecule has 0 radical (unpaired) electrons. The lowest BCUT2D eigenvalue weighted by Gasteiger charge is -2.22. The van der Waals surface area contributed by atoms with E-state index in [-0.39, 0.29) is 6.10 Å². The van der Waals surface area contributed by atoms with Gasteiger partial charge in [-0.25, -0.2) is 4.98 Å². The van der Waals surface area contributed by atoms with Gasteiger partial charge in [0.25, 0.3) is 0 Å². The van der Waals surface area contributed by atoms with Crippen LogP contribution in [0.4, 0.5) is 0 Å². The van der Waals surface area contributed by atoms with E-state index in [1.165, 1.54) is 0 Å². The fraction of sp³-hybridized carbons (Fsp3) is 0.467. The summed E-state index contributed by atoms with van der Waals surface area (Å²) in [6.45, 7) is 6.73. The maximum atomic E-state index is 6.15. The molecule has 1 aliphatic rings. The van der Waals surface area contributed by atoms with Gasteiger partial charge in [-0.2, -0.15) is 5.10 Å². The van der Waals surface area contributed by atoms with E-state index in [4.69, 9.17) is 16.3 Å². The van der Waals surface area contributed by atoms with Crippen LogP contribution in [0.1, 0.15) is 30.0 Å². The molecule has 0 aromatic carbocycles. The number of rotatable bonds is 2. The zero-order chi connectivity index (χ0) is 15.0. The summed E-state index contributed by atoms with van der Waals surface area (Å²) in [6.07, 6.45) is -0.0941. The first-order valence-electron chi connectivity index (χ1n) is 7.11. The van der Waals surface area contributed by atoms with Gasteiger partial charge >= 0.3 is 0 Å². The Hall–Kier alpha value is -1.59. The lowest BCUT2D eigenvalue weighted by atomic mass is 10.2. The van der Waals surface area contributed by atoms with E-state index in [0.717, 1.165) is 36.6 Å². The Bertz CT molecular complexity index is 655. The number of aryl methyl sites for hydroxylation is 2. The molecule has 0 saturated heterocycles. The summed E-state index contributed by atoms with van der Waals surface area (Å²) < 4.78 is 8.03. The summed E-state index contributed by atoms with van der Waals surface area (Å²) in [4.78, 5) is 6.68. The van der Waals surface area contributed by atoms with Crippen molar-refractivity contribution in [1.29, 1.82) is 0 Å². The Morgan fingerprint density at radius 2 is 2.24 bits per heavy atom. The van der Waals surface area contributed by atoms with E-state index >= 15 is 0 Å². The molecule has 0 spiro atoms. The topological polar surface area (TPSA) is 43.2 Å². The molecule has 5 nitrogen and oxygen atoms in total. The molecule has 0 amide bonds. The maximum Gasteiger partial charge on any atom is 0.220 e. The third-order valence-electron chi connectivity index (χ3n) is 3.79. The highest BCUT2D eigenvalue weighted by Crippen LogP contribution is 2.30. The lowest BCUT2D eigenvalue weighted by molar-refractivity contribution is 0.141. The van der Waals surface area contributed by atoms with Crippen LogP contribution in [0, 0.1) is 6.92 Å². The average molecular weight is 307 g/mol. The van der Waals surface area contributed by atoms with Crippen molar-refractivity contribution >= 4 is 11.6 Å². The van der Waals surface area contributed by atoms with Gasteiger partial charge in [-0.15, -0.1) is 0 Å². The number of hydrogen-bond donors (Lipinski definition) is 0. The third-order valence-corrected chi connectivity index (χ3v) is 4.00. The minimum absolute atomic E-state index is 0.0941. The Morgan fingerprint density at radius 1 is 1.43 bits per heavy atom. The molecule has 0 fully saturated rings. The molecular formula is C15H19ClN4O. The molecule has 1 unspecified atom stereocenters. The number of ether oxygens (including phenoxy) is 1. The lowest BCUT2D eigenvalue weighted by Crippen LogP contribution is -2.28. The number of fused-ring (bicyclic) bond motifs is 1. The van der Waals surface area contributed by atoms with Gasteiger partial charge < -0.3 is 4.74 Å². The second kappa shape index (κ2) is 5.66. The second-order valence-electron chi connectivity index (χ2n) is 5.37. The molecular weight excluding hydrogens is 288 g/mol. The Labute approximate surface area is 129 Å². The van der Waals surface area contributed by atoms with Crippen LogP contribution >= 0.6 is 11.6 Å². The summed E-state index contributed by atoms with van der Waals surface area (Å²) in [5, 5.41) is 4.87. The van der Waals surface area contributed by atoms with E-state index in [1.807, 2.05) is 30.8 Å². The van der Waals surface area contributed by atoms with Crippen molar-refractivity contribution in [3.63, 3.8) is 0 Å². The van der Waals surface area contributed by atoms with Gasteiger partial charge in [-0.05, 0) is 31.7 Å². The molecule has 3 rings (SSSR count). The third kappa shape index (κ3) is 2.89. The van der Waals surface area contributed by atoms with Crippen LogP contribution in [-0.2, 0) is 13.6 Å². The molecule has 0 bridgehead atoms. The van der Waals surface area contributed by atoms with E-state index in [9.17, 15) is 0 Å². The second-order valence-corrected chi connectivity index (χ2v) is 5.75. The predicted molar refractivity (Wildman–Crippen MR) is 81.5 cm³/mol. The Morgan fingerprint density at radius 3 is 2.90 bits per heavy atom. The Balaban J connectivity index is 2.00. The van der Waals surface area contributed by atoms with Gasteiger partial charge in [0.1, 0.15) is 5.15 Å². The highest BCUT2D eigenvalue weighted by Gasteiger charge is 2.26. The van der Waals surface area contributed by atoms with Crippen molar-refractivity contribution in [2.45, 2.75) is 26.5 Å². The molecule has 0 N–H and O–H groups in total. The first-order valence-corrected chi connectivity index (χ1v) is 7.49. The van der Waals surface area contributed by atoms with Crippen molar-refractivity contribution in [2.24, 2.45) is 7.05 Å². The van der Waals surface area contributed by atoms with Crippen LogP contribution in [0.25, 0.3) is 0 Å². The van der Waals surface area contributed by atoms with Gasteiger partial charge in [0.05, 0.1) is 11.4 Å². The number of hydrogen-bond acceptors (Lipinski definition) is 4. The molecule has 2 aromatic heterocycles. The summed E-state index contributed by atoms with van der Waals surface area (Å²) >= 11 is 6.01. The smallest absolute Gasteiger partial charge is 0.220 e. The van der Waals surface area contributed by atoms with Gasteiger partial charge in [0.15, 0.2) is 6.10 Å². The van der Waals surface area contributed by atoms with Crippen molar-refractivity contribution < 1.29 is 4.74 Å². The molecule has 0 aliphatic carbocycles. The zero-order valence-electron chi connectivity index (χ0n) is 12.5. The molecule has 112 valence electrons. The van der Waals surface area contributed by atoms with Gasteiger partial charge in [-0.3, -0.25) is 9.58 Å². The highest BCUT2D eigenvalue weighted by atomic mass is 35.5. The van der Waals surface area contributed by atoms with Crippen molar-refractivity contribution in [1.82, 2.24) is 19.7 Å². The average Bonchev–Trinajstić information content (AvgIpc) is 2.68. The van der Waals surface area contributed by atoms with Crippen LogP contribution in [-0.4, -0.2) is 32.8 Å². The van der Waals surface area contributed by atoms with E-state index < -0.39 is 0 Å². The van der Waals surface area contributed by atoms with Crippen molar-refractivity contribution in [2.75, 3.05) is 13.1 Å². The first-order chi connectivity index (χ1) is 10.1. The fourth-order valence-electron chi connectivity index (χ4n) is 2.71. The number of likely N-dealkylation sites (N-methyl/N-ethyl adjacent to an activating group) is 1. The van der Waals surface area contributed by atoms with E-state index in [1.54, 1.807) is 0 Å². The summed E-state index contributed by atoms with van der Waals surface area (Å²) in [6, 6.07) is 5.87. The summed E-state index contributed by atoms with van der Waals surface area (Å²) in [7, 11) is 1.94. The Kier molecular flexibility index (Phi) is 3.87. The molecule has 6 heteroatoms. The number of pyridine rings is 1. The highest BCUT2D eigenvalue weighted by molar-refractivity contribution is 6.29. The van der Waals surface area contributed by atoms with Gasteiger partial charge in [0, 0.05) is 25.7 Å². The minimum atomic E-state index is -0.0941. The SMILES string of the molecule is CCN1Cc2ccc(Cl)nc2OC(c2cc(C)nn2C)C1. The predicted octanol–water partition coefficient (Wildman–Crippen LogP) is 2.73. The van der Waals surface area contributed by atoms with E-state index in [2.05, 4.69) is 28.0 Å². The van der Waals surface area contributed by atoms with E-state index in [0.29, 0.717) is 11.0 Å². The maximum absolute atomic E-state index is 6.15. The number of halogens is 1. The van der Waals surface area contributed by atoms with Crippen LogP contribution in [0.5, 0.6) is 5.88 Å². The van der Waals surface area contributed by atoms with Gasteiger partial charge in [0.2, 0.25) is 5.88 Å². The van der Waals surface area contributed by atoms with Gasteiger partial charge in [-0.1, -0.05) is 18.5 Å².